The molecule has 2 aromatic heterocycles. The molecule has 4 heterocycles. The van der Waals surface area contributed by atoms with Gasteiger partial charge >= 0.3 is 6.03 Å². The molecule has 4 rings (SSSR count). The largest absolute Gasteiger partial charge is 0.337 e. The highest BCUT2D eigenvalue weighted by Gasteiger charge is 2.30. The highest BCUT2D eigenvalue weighted by Crippen LogP contribution is 2.31. The summed E-state index contributed by atoms with van der Waals surface area (Å²) in [6.45, 7) is 2.14. The molecule has 0 radical (unpaired) electrons. The number of amides is 3. The minimum atomic E-state index is -0.215. The number of hydrogen-bond acceptors (Lipinski definition) is 6. The summed E-state index contributed by atoms with van der Waals surface area (Å²) < 4.78 is 3.91. The number of pyridine rings is 1. The van der Waals surface area contributed by atoms with Crippen molar-refractivity contribution >= 4 is 28.5 Å². The number of piperidine rings is 2. The monoisotopic (exact) mass is 400 g/mol. The summed E-state index contributed by atoms with van der Waals surface area (Å²) in [6, 6.07) is 3.67. The van der Waals surface area contributed by atoms with Crippen LogP contribution in [0.2, 0.25) is 0 Å². The van der Waals surface area contributed by atoms with Gasteiger partial charge < -0.3 is 9.80 Å². The first kappa shape index (κ1) is 18.8. The van der Waals surface area contributed by atoms with Crippen molar-refractivity contribution in [3.63, 3.8) is 0 Å². The summed E-state index contributed by atoms with van der Waals surface area (Å²) >= 11 is 1.05. The van der Waals surface area contributed by atoms with Gasteiger partial charge in [-0.2, -0.15) is 0 Å². The van der Waals surface area contributed by atoms with Crippen molar-refractivity contribution in [1.29, 1.82) is 0 Å². The number of carbonyl (C=O) groups excluding carboxylic acids is 2. The molecule has 2 aromatic rings. The minimum absolute atomic E-state index is 0.00965. The normalized spacial score (nSPS) is 20.1. The summed E-state index contributed by atoms with van der Waals surface area (Å²) in [7, 11) is 0. The van der Waals surface area contributed by atoms with Gasteiger partial charge in [-0.3, -0.25) is 15.1 Å². The molecule has 0 unspecified atom stereocenters. The van der Waals surface area contributed by atoms with E-state index in [9.17, 15) is 9.59 Å². The third-order valence-corrected chi connectivity index (χ3v) is 6.03. The van der Waals surface area contributed by atoms with Crippen LogP contribution in [0.3, 0.4) is 0 Å². The number of rotatable bonds is 3. The zero-order valence-electron chi connectivity index (χ0n) is 15.7. The van der Waals surface area contributed by atoms with Crippen LogP contribution in [0.1, 0.15) is 60.6 Å². The van der Waals surface area contributed by atoms with Gasteiger partial charge in [-0.05, 0) is 50.2 Å². The van der Waals surface area contributed by atoms with E-state index in [1.807, 2.05) is 23.2 Å². The van der Waals surface area contributed by atoms with Crippen molar-refractivity contribution in [2.75, 3.05) is 25.0 Å². The first-order valence-corrected chi connectivity index (χ1v) is 10.6. The number of carbonyl (C=O) groups is 2. The van der Waals surface area contributed by atoms with Crippen molar-refractivity contribution < 1.29 is 9.59 Å². The van der Waals surface area contributed by atoms with Crippen LogP contribution < -0.4 is 5.32 Å². The lowest BCUT2D eigenvalue weighted by atomic mass is 9.97. The maximum Gasteiger partial charge on any atom is 0.323 e. The standard InChI is InChI=1S/C19H24N6O2S/c26-18(24-10-3-1-4-11-24)16-17(28-23-22-16)21-19(27)25-12-5-2-8-15(25)14-7-6-9-20-13-14/h6-7,9,13,15H,1-5,8,10-12H2,(H,21,27)/t15-/m0/s1. The van der Waals surface area contributed by atoms with E-state index < -0.39 is 0 Å². The van der Waals surface area contributed by atoms with E-state index >= 15 is 0 Å². The highest BCUT2D eigenvalue weighted by molar-refractivity contribution is 7.10. The average Bonchev–Trinajstić information content (AvgIpc) is 3.22. The SMILES string of the molecule is O=C(c1nnsc1NC(=O)N1CCCC[C@H]1c1cccnc1)N1CCCCC1. The van der Waals surface area contributed by atoms with E-state index in [4.69, 9.17) is 0 Å². The van der Waals surface area contributed by atoms with Crippen LogP contribution in [0.4, 0.5) is 9.80 Å². The van der Waals surface area contributed by atoms with Crippen molar-refractivity contribution in [2.24, 2.45) is 0 Å². The Morgan fingerprint density at radius 1 is 1.11 bits per heavy atom. The quantitative estimate of drug-likeness (QED) is 0.853. The predicted octanol–water partition coefficient (Wildman–Crippen LogP) is 3.32. The second-order valence-corrected chi connectivity index (χ2v) is 7.98. The fourth-order valence-electron chi connectivity index (χ4n) is 3.92. The van der Waals surface area contributed by atoms with Gasteiger partial charge in [0.05, 0.1) is 6.04 Å². The topological polar surface area (TPSA) is 91.3 Å². The van der Waals surface area contributed by atoms with Gasteiger partial charge in [-0.25, -0.2) is 4.79 Å². The zero-order valence-corrected chi connectivity index (χ0v) is 16.5. The molecule has 2 aliphatic heterocycles. The van der Waals surface area contributed by atoms with Crippen LogP contribution >= 0.6 is 11.5 Å². The summed E-state index contributed by atoms with van der Waals surface area (Å²) in [5.41, 5.74) is 1.28. The molecule has 2 fully saturated rings. The van der Waals surface area contributed by atoms with Crippen LogP contribution in [0.25, 0.3) is 0 Å². The highest BCUT2D eigenvalue weighted by atomic mass is 32.1. The fourth-order valence-corrected chi connectivity index (χ4v) is 4.47. The molecule has 9 heteroatoms. The van der Waals surface area contributed by atoms with Gasteiger partial charge in [0.1, 0.15) is 0 Å². The van der Waals surface area contributed by atoms with Crippen LogP contribution in [-0.4, -0.2) is 55.9 Å². The Hall–Kier alpha value is -2.55. The number of urea groups is 1. The number of hydrogen-bond donors (Lipinski definition) is 1. The van der Waals surface area contributed by atoms with E-state index in [1.54, 1.807) is 11.1 Å². The van der Waals surface area contributed by atoms with Crippen molar-refractivity contribution in [1.82, 2.24) is 24.4 Å². The second kappa shape index (κ2) is 8.64. The minimum Gasteiger partial charge on any atom is -0.337 e. The Morgan fingerprint density at radius 3 is 2.71 bits per heavy atom. The Kier molecular flexibility index (Phi) is 5.80. The maximum atomic E-state index is 13.0. The van der Waals surface area contributed by atoms with Crippen LogP contribution in [0.15, 0.2) is 24.5 Å². The second-order valence-electron chi connectivity index (χ2n) is 7.23. The lowest BCUT2D eigenvalue weighted by Crippen LogP contribution is -2.41. The van der Waals surface area contributed by atoms with Gasteiger partial charge in [-0.1, -0.05) is 10.6 Å². The number of anilines is 1. The molecule has 0 aromatic carbocycles. The van der Waals surface area contributed by atoms with Gasteiger partial charge in [-0.15, -0.1) is 5.10 Å². The first-order valence-electron chi connectivity index (χ1n) is 9.83. The molecule has 0 spiro atoms. The maximum absolute atomic E-state index is 13.0. The van der Waals surface area contributed by atoms with Crippen LogP contribution in [0, 0.1) is 0 Å². The Balaban J connectivity index is 1.49. The van der Waals surface area contributed by atoms with Gasteiger partial charge in [0.2, 0.25) is 0 Å². The summed E-state index contributed by atoms with van der Waals surface area (Å²) in [5.74, 6) is -0.147. The summed E-state index contributed by atoms with van der Waals surface area (Å²) in [5, 5.41) is 7.32. The molecular formula is C19H24N6O2S. The number of likely N-dealkylation sites (tertiary alicyclic amines) is 2. The number of nitrogens with zero attached hydrogens (tertiary/aromatic N) is 5. The molecule has 2 saturated heterocycles. The lowest BCUT2D eigenvalue weighted by molar-refractivity contribution is 0.0719. The van der Waals surface area contributed by atoms with Crippen LogP contribution in [-0.2, 0) is 0 Å². The smallest absolute Gasteiger partial charge is 0.323 e. The molecule has 0 bridgehead atoms. The molecule has 3 amide bonds. The molecule has 0 saturated carbocycles. The Morgan fingerprint density at radius 2 is 1.93 bits per heavy atom. The third kappa shape index (κ3) is 3.99. The Bertz CT molecular complexity index is 821. The molecular weight excluding hydrogens is 376 g/mol. The van der Waals surface area contributed by atoms with Crippen LogP contribution in [0.5, 0.6) is 0 Å². The van der Waals surface area contributed by atoms with E-state index in [1.165, 1.54) is 0 Å². The third-order valence-electron chi connectivity index (χ3n) is 5.39. The van der Waals surface area contributed by atoms with Crippen molar-refractivity contribution in [3.05, 3.63) is 35.8 Å². The zero-order chi connectivity index (χ0) is 19.3. The molecule has 8 nitrogen and oxygen atoms in total. The predicted molar refractivity (Wildman–Crippen MR) is 106 cm³/mol. The summed E-state index contributed by atoms with van der Waals surface area (Å²) in [4.78, 5) is 33.6. The molecule has 2 aliphatic rings. The van der Waals surface area contributed by atoms with Crippen molar-refractivity contribution in [3.8, 4) is 0 Å². The molecule has 148 valence electrons. The first-order chi connectivity index (χ1) is 13.7. The van der Waals surface area contributed by atoms with Gasteiger partial charge in [0.25, 0.3) is 5.91 Å². The average molecular weight is 401 g/mol. The van der Waals surface area contributed by atoms with Crippen molar-refractivity contribution in [2.45, 2.75) is 44.6 Å². The molecule has 1 atom stereocenters. The van der Waals surface area contributed by atoms with E-state index in [2.05, 4.69) is 19.9 Å². The fraction of sp³-hybridized carbons (Fsp3) is 0.526. The molecule has 1 N–H and O–H groups in total. The van der Waals surface area contributed by atoms with E-state index in [-0.39, 0.29) is 23.7 Å². The summed E-state index contributed by atoms with van der Waals surface area (Å²) in [6.07, 6.45) is 9.65. The van der Waals surface area contributed by atoms with Gasteiger partial charge in [0.15, 0.2) is 10.7 Å². The van der Waals surface area contributed by atoms with E-state index in [0.29, 0.717) is 11.5 Å². The Labute approximate surface area is 168 Å². The molecule has 0 aliphatic carbocycles. The molecule has 28 heavy (non-hydrogen) atoms. The van der Waals surface area contributed by atoms with E-state index in [0.717, 1.165) is 68.7 Å². The number of nitrogens with one attached hydrogen (secondary N) is 1. The van der Waals surface area contributed by atoms with Gasteiger partial charge in [0, 0.05) is 43.6 Å². The lowest BCUT2D eigenvalue weighted by Gasteiger charge is -2.35. The number of aromatic nitrogens is 3.